The number of hydrogen-bond donors (Lipinski definition) is 1. The van der Waals surface area contributed by atoms with E-state index in [1.54, 1.807) is 0 Å². The van der Waals surface area contributed by atoms with Crippen molar-refractivity contribution in [1.82, 2.24) is 5.32 Å². The van der Waals surface area contributed by atoms with E-state index in [4.69, 9.17) is 0 Å². The molecule has 0 aliphatic carbocycles. The number of allylic oxidation sites excluding steroid dienone is 1. The van der Waals surface area contributed by atoms with Gasteiger partial charge in [-0.2, -0.15) is 0 Å². The van der Waals surface area contributed by atoms with Crippen molar-refractivity contribution in [3.63, 3.8) is 0 Å². The molecule has 0 saturated heterocycles. The molecule has 1 heterocycles. The van der Waals surface area contributed by atoms with Crippen LogP contribution in [0.15, 0.2) is 16.6 Å². The highest BCUT2D eigenvalue weighted by Gasteiger charge is 2.01. The van der Waals surface area contributed by atoms with Crippen molar-refractivity contribution in [2.75, 3.05) is 20.1 Å². The van der Waals surface area contributed by atoms with E-state index in [0.717, 1.165) is 18.8 Å². The smallest absolute Gasteiger partial charge is 0.0618 e. The Morgan fingerprint density at radius 1 is 1.78 bits per heavy atom. The molecule has 2 heteroatoms. The van der Waals surface area contributed by atoms with E-state index < -0.39 is 0 Å². The Balaban J connectivity index is 2.41. The van der Waals surface area contributed by atoms with Crippen molar-refractivity contribution in [2.24, 2.45) is 4.99 Å². The molecule has 0 bridgehead atoms. The minimum atomic E-state index is 0.896. The van der Waals surface area contributed by atoms with E-state index in [1.165, 1.54) is 5.57 Å². The predicted molar refractivity (Wildman–Crippen MR) is 40.0 cm³/mol. The molecule has 0 saturated carbocycles. The quantitative estimate of drug-likeness (QED) is 0.573. The molecule has 0 radical (unpaired) electrons. The van der Waals surface area contributed by atoms with Gasteiger partial charge in [0.25, 0.3) is 0 Å². The number of nitrogens with zero attached hydrogens (tertiary/aromatic N) is 1. The maximum atomic E-state index is 4.22. The maximum absolute atomic E-state index is 4.22. The number of rotatable bonds is 2. The van der Waals surface area contributed by atoms with Crippen LogP contribution in [0.25, 0.3) is 0 Å². The highest BCUT2D eigenvalue weighted by atomic mass is 14.8. The van der Waals surface area contributed by atoms with E-state index in [1.807, 2.05) is 14.0 Å². The molecule has 0 fully saturated rings. The lowest BCUT2D eigenvalue weighted by molar-refractivity contribution is 0.865. The highest BCUT2D eigenvalue weighted by Crippen LogP contribution is 2.02. The van der Waals surface area contributed by atoms with Crippen LogP contribution in [0.3, 0.4) is 0 Å². The fourth-order valence-corrected chi connectivity index (χ4v) is 0.947. The minimum absolute atomic E-state index is 0.896. The monoisotopic (exact) mass is 124 g/mol. The molecule has 0 aromatic rings. The van der Waals surface area contributed by atoms with Gasteiger partial charge in [-0.05, 0) is 25.6 Å². The summed E-state index contributed by atoms with van der Waals surface area (Å²) in [5, 5.41) is 3.09. The summed E-state index contributed by atoms with van der Waals surface area (Å²) >= 11 is 0. The van der Waals surface area contributed by atoms with E-state index in [-0.39, 0.29) is 0 Å². The van der Waals surface area contributed by atoms with Gasteiger partial charge in [-0.25, -0.2) is 0 Å². The first-order valence-corrected chi connectivity index (χ1v) is 3.18. The first-order valence-electron chi connectivity index (χ1n) is 3.18. The molecule has 0 aromatic heterocycles. The zero-order valence-electron chi connectivity index (χ0n) is 5.94. The van der Waals surface area contributed by atoms with Gasteiger partial charge in [0, 0.05) is 12.3 Å². The second-order valence-electron chi connectivity index (χ2n) is 2.29. The molecule has 0 unspecified atom stereocenters. The van der Waals surface area contributed by atoms with Crippen molar-refractivity contribution in [3.8, 4) is 0 Å². The molecular weight excluding hydrogens is 112 g/mol. The van der Waals surface area contributed by atoms with E-state index in [9.17, 15) is 0 Å². The van der Waals surface area contributed by atoms with Crippen LogP contribution in [-0.4, -0.2) is 25.8 Å². The number of aliphatic imine (C=N–C) groups is 1. The summed E-state index contributed by atoms with van der Waals surface area (Å²) in [7, 11) is 1.95. The summed E-state index contributed by atoms with van der Waals surface area (Å²) in [6.07, 6.45) is 2.14. The number of hydrogen-bond acceptors (Lipinski definition) is 2. The van der Waals surface area contributed by atoms with Gasteiger partial charge in [-0.15, -0.1) is 0 Å². The molecule has 1 aliphatic heterocycles. The topological polar surface area (TPSA) is 24.4 Å². The molecule has 50 valence electrons. The van der Waals surface area contributed by atoms with Crippen LogP contribution in [0, 0.1) is 0 Å². The Hall–Kier alpha value is -0.630. The van der Waals surface area contributed by atoms with Crippen LogP contribution < -0.4 is 5.32 Å². The van der Waals surface area contributed by atoms with Crippen LogP contribution in [0.2, 0.25) is 0 Å². The Morgan fingerprint density at radius 3 is 3.00 bits per heavy atom. The molecule has 2 nitrogen and oxygen atoms in total. The zero-order valence-corrected chi connectivity index (χ0v) is 5.94. The number of nitrogens with one attached hydrogen (secondary N) is 1. The molecule has 1 aliphatic rings. The van der Waals surface area contributed by atoms with Crippen LogP contribution in [0.5, 0.6) is 0 Å². The molecule has 0 spiro atoms. The summed E-state index contributed by atoms with van der Waals surface area (Å²) in [4.78, 5) is 4.22. The third-order valence-corrected chi connectivity index (χ3v) is 1.35. The third-order valence-electron chi connectivity index (χ3n) is 1.35. The van der Waals surface area contributed by atoms with Crippen LogP contribution in [-0.2, 0) is 0 Å². The molecule has 9 heavy (non-hydrogen) atoms. The molecule has 1 rings (SSSR count). The van der Waals surface area contributed by atoms with Gasteiger partial charge in [0.1, 0.15) is 0 Å². The highest BCUT2D eigenvalue weighted by molar-refractivity contribution is 5.95. The molecule has 0 atom stereocenters. The Bertz CT molecular complexity index is 156. The van der Waals surface area contributed by atoms with Gasteiger partial charge in [-0.1, -0.05) is 0 Å². The van der Waals surface area contributed by atoms with Crippen LogP contribution in [0.4, 0.5) is 0 Å². The minimum Gasteiger partial charge on any atom is -0.316 e. The van der Waals surface area contributed by atoms with Gasteiger partial charge in [0.05, 0.1) is 6.54 Å². The molecule has 0 amide bonds. The second kappa shape index (κ2) is 2.78. The van der Waals surface area contributed by atoms with Crippen molar-refractivity contribution in [3.05, 3.63) is 11.6 Å². The maximum Gasteiger partial charge on any atom is 0.0618 e. The first-order chi connectivity index (χ1) is 4.33. The van der Waals surface area contributed by atoms with Gasteiger partial charge >= 0.3 is 0 Å². The van der Waals surface area contributed by atoms with Crippen molar-refractivity contribution in [1.29, 1.82) is 0 Å². The summed E-state index contributed by atoms with van der Waals surface area (Å²) in [5.41, 5.74) is 2.54. The number of likely N-dealkylation sites (N-methyl/N-ethyl adjacent to an activating group) is 1. The first kappa shape index (κ1) is 6.49. The molecule has 0 aromatic carbocycles. The normalized spacial score (nSPS) is 17.6. The Kier molecular flexibility index (Phi) is 2.01. The summed E-state index contributed by atoms with van der Waals surface area (Å²) < 4.78 is 0. The van der Waals surface area contributed by atoms with Crippen molar-refractivity contribution in [2.45, 2.75) is 6.92 Å². The second-order valence-corrected chi connectivity index (χ2v) is 2.29. The SMILES string of the molecule is CNCC1=CC(C)=NC1. The molecular formula is C7H12N2. The lowest BCUT2D eigenvalue weighted by Crippen LogP contribution is -2.10. The molecule has 1 N–H and O–H groups in total. The van der Waals surface area contributed by atoms with E-state index in [0.29, 0.717) is 0 Å². The zero-order chi connectivity index (χ0) is 6.69. The van der Waals surface area contributed by atoms with Gasteiger partial charge in [0.2, 0.25) is 0 Å². The summed E-state index contributed by atoms with van der Waals surface area (Å²) in [5.74, 6) is 0. The van der Waals surface area contributed by atoms with E-state index >= 15 is 0 Å². The third kappa shape index (κ3) is 1.64. The van der Waals surface area contributed by atoms with Gasteiger partial charge < -0.3 is 5.32 Å². The van der Waals surface area contributed by atoms with Crippen LogP contribution >= 0.6 is 0 Å². The van der Waals surface area contributed by atoms with Gasteiger partial charge in [0.15, 0.2) is 0 Å². The fourth-order valence-electron chi connectivity index (χ4n) is 0.947. The average molecular weight is 124 g/mol. The fraction of sp³-hybridized carbons (Fsp3) is 0.571. The largest absolute Gasteiger partial charge is 0.316 e. The Morgan fingerprint density at radius 2 is 2.56 bits per heavy atom. The van der Waals surface area contributed by atoms with E-state index in [2.05, 4.69) is 16.4 Å². The van der Waals surface area contributed by atoms with Gasteiger partial charge in [-0.3, -0.25) is 4.99 Å². The summed E-state index contributed by atoms with van der Waals surface area (Å²) in [6, 6.07) is 0. The lowest BCUT2D eigenvalue weighted by atomic mass is 10.2. The lowest BCUT2D eigenvalue weighted by Gasteiger charge is -1.95. The summed E-state index contributed by atoms with van der Waals surface area (Å²) in [6.45, 7) is 3.90. The van der Waals surface area contributed by atoms with Crippen molar-refractivity contribution < 1.29 is 0 Å². The van der Waals surface area contributed by atoms with Crippen LogP contribution in [0.1, 0.15) is 6.92 Å². The Labute approximate surface area is 55.7 Å². The predicted octanol–water partition coefficient (Wildman–Crippen LogP) is 0.607. The standard InChI is InChI=1S/C7H12N2/c1-6-3-7(4-8-2)5-9-6/h3,8H,4-5H2,1-2H3. The average Bonchev–Trinajstić information content (AvgIpc) is 2.17. The van der Waals surface area contributed by atoms with Crippen molar-refractivity contribution >= 4 is 5.71 Å².